The maximum atomic E-state index is 11.5. The van der Waals surface area contributed by atoms with E-state index in [4.69, 9.17) is 16.3 Å². The minimum atomic E-state index is -3.22. The third kappa shape index (κ3) is 5.47. The Hall–Kier alpha value is -1.60. The van der Waals surface area contributed by atoms with Gasteiger partial charge in [0.25, 0.3) is 0 Å². The lowest BCUT2D eigenvalue weighted by molar-refractivity contribution is 0.0136. The Kier molecular flexibility index (Phi) is 6.34. The van der Waals surface area contributed by atoms with Crippen molar-refractivity contribution >= 4 is 21.4 Å². The van der Waals surface area contributed by atoms with E-state index >= 15 is 0 Å². The van der Waals surface area contributed by atoms with E-state index in [-0.39, 0.29) is 10.8 Å². The summed E-state index contributed by atoms with van der Waals surface area (Å²) < 4.78 is 28.9. The maximum absolute atomic E-state index is 11.5. The van der Waals surface area contributed by atoms with Crippen LogP contribution in [0.1, 0.15) is 12.5 Å². The summed E-state index contributed by atoms with van der Waals surface area (Å²) >= 11 is 6.04. The lowest BCUT2D eigenvalue weighted by atomic mass is 9.94. The molecule has 3 rings (SSSR count). The van der Waals surface area contributed by atoms with Gasteiger partial charge in [-0.3, -0.25) is 4.90 Å². The highest BCUT2D eigenvalue weighted by molar-refractivity contribution is 7.90. The summed E-state index contributed by atoms with van der Waals surface area (Å²) in [5.41, 5.74) is 0.346. The van der Waals surface area contributed by atoms with E-state index in [2.05, 4.69) is 11.0 Å². The topological polar surface area (TPSA) is 66.8 Å². The molecule has 0 spiro atoms. The molecule has 1 aliphatic rings. The van der Waals surface area contributed by atoms with E-state index in [0.29, 0.717) is 18.9 Å². The molecule has 1 fully saturated rings. The van der Waals surface area contributed by atoms with Crippen LogP contribution in [0.5, 0.6) is 5.75 Å². The number of ether oxygens (including phenoxy) is 1. The van der Waals surface area contributed by atoms with Gasteiger partial charge in [-0.15, -0.1) is 0 Å². The largest absolute Gasteiger partial charge is 0.493 e. The zero-order valence-electron chi connectivity index (χ0n) is 16.1. The molecule has 7 heteroatoms. The van der Waals surface area contributed by atoms with Crippen LogP contribution in [0.4, 0.5) is 0 Å². The summed E-state index contributed by atoms with van der Waals surface area (Å²) in [5.74, 6) is 0.571. The van der Waals surface area contributed by atoms with E-state index in [1.165, 1.54) is 24.0 Å². The van der Waals surface area contributed by atoms with Crippen molar-refractivity contribution in [3.05, 3.63) is 59.1 Å². The Labute approximate surface area is 171 Å². The van der Waals surface area contributed by atoms with Crippen LogP contribution >= 0.6 is 11.6 Å². The van der Waals surface area contributed by atoms with Crippen molar-refractivity contribution in [2.24, 2.45) is 5.92 Å². The molecule has 28 heavy (non-hydrogen) atoms. The van der Waals surface area contributed by atoms with Crippen molar-refractivity contribution in [1.29, 1.82) is 0 Å². The van der Waals surface area contributed by atoms with Gasteiger partial charge >= 0.3 is 0 Å². The third-order valence-electron chi connectivity index (χ3n) is 5.21. The highest BCUT2D eigenvalue weighted by atomic mass is 35.5. The molecule has 0 amide bonds. The number of hydrogen-bond donors (Lipinski definition) is 1. The zero-order valence-corrected chi connectivity index (χ0v) is 17.7. The fourth-order valence-electron chi connectivity index (χ4n) is 3.52. The molecule has 1 heterocycles. The lowest BCUT2D eigenvalue weighted by Crippen LogP contribution is -2.37. The summed E-state index contributed by atoms with van der Waals surface area (Å²) in [6.07, 6.45) is 2.05. The van der Waals surface area contributed by atoms with Crippen LogP contribution < -0.4 is 4.74 Å². The normalized spacial score (nSPS) is 23.1. The zero-order chi connectivity index (χ0) is 20.4. The molecule has 2 atom stereocenters. The van der Waals surface area contributed by atoms with Crippen molar-refractivity contribution < 1.29 is 18.3 Å². The number of hydrogen-bond acceptors (Lipinski definition) is 5. The second-order valence-corrected chi connectivity index (χ2v) is 10.2. The van der Waals surface area contributed by atoms with Gasteiger partial charge in [-0.1, -0.05) is 23.7 Å². The van der Waals surface area contributed by atoms with Gasteiger partial charge in [-0.05, 0) is 55.3 Å². The molecule has 0 aromatic heterocycles. The number of likely N-dealkylation sites (tertiary alicyclic amines) is 1. The Morgan fingerprint density at radius 3 is 2.61 bits per heavy atom. The van der Waals surface area contributed by atoms with Gasteiger partial charge in [0, 0.05) is 36.8 Å². The van der Waals surface area contributed by atoms with Gasteiger partial charge in [0.1, 0.15) is 5.75 Å². The number of rotatable bonds is 7. The molecule has 152 valence electrons. The average Bonchev–Trinajstić information content (AvgIpc) is 2.91. The second-order valence-electron chi connectivity index (χ2n) is 7.72. The van der Waals surface area contributed by atoms with Gasteiger partial charge in [0.15, 0.2) is 9.84 Å². The number of benzene rings is 2. The molecular formula is C21H26ClNO4S. The smallest absolute Gasteiger partial charge is 0.175 e. The van der Waals surface area contributed by atoms with Crippen molar-refractivity contribution in [3.8, 4) is 5.75 Å². The SMILES string of the molecule is C[C@]1(O)CN(CCc2cccc(Cl)c2)C[C@H]1COc1ccc(S(C)(=O)=O)cc1. The van der Waals surface area contributed by atoms with Crippen LogP contribution in [-0.2, 0) is 16.3 Å². The number of β-amino-alcohol motifs (C(OH)–C–C–N with tert-alkyl or cyclic N) is 1. The Bertz CT molecular complexity index is 912. The van der Waals surface area contributed by atoms with Gasteiger partial charge in [-0.25, -0.2) is 8.42 Å². The van der Waals surface area contributed by atoms with Crippen LogP contribution in [-0.4, -0.2) is 56.5 Å². The second kappa shape index (κ2) is 8.41. The average molecular weight is 424 g/mol. The number of nitrogens with zero attached hydrogens (tertiary/aromatic N) is 1. The highest BCUT2D eigenvalue weighted by Gasteiger charge is 2.41. The van der Waals surface area contributed by atoms with Crippen molar-refractivity contribution in [1.82, 2.24) is 4.90 Å². The molecule has 5 nitrogen and oxygen atoms in total. The van der Waals surface area contributed by atoms with Crippen LogP contribution in [0.2, 0.25) is 5.02 Å². The predicted octanol–water partition coefficient (Wildman–Crippen LogP) is 3.05. The van der Waals surface area contributed by atoms with E-state index < -0.39 is 15.4 Å². The monoisotopic (exact) mass is 423 g/mol. The number of halogens is 1. The number of sulfone groups is 1. The first kappa shape index (κ1) is 21.1. The van der Waals surface area contributed by atoms with Crippen LogP contribution in [0.25, 0.3) is 0 Å². The van der Waals surface area contributed by atoms with Crippen LogP contribution in [0, 0.1) is 5.92 Å². The summed E-state index contributed by atoms with van der Waals surface area (Å²) in [5, 5.41) is 11.5. The standard InChI is InChI=1S/C21H26ClNO4S/c1-21(24)15-23(11-10-16-4-3-5-18(22)12-16)13-17(21)14-27-19-6-8-20(9-7-19)28(2,25)26/h3-9,12,17,24H,10-11,13-15H2,1-2H3/t17-,21-/m0/s1. The Morgan fingerprint density at radius 2 is 1.96 bits per heavy atom. The molecule has 2 aromatic carbocycles. The fraction of sp³-hybridized carbons (Fsp3) is 0.429. The fourth-order valence-corrected chi connectivity index (χ4v) is 4.36. The maximum Gasteiger partial charge on any atom is 0.175 e. The van der Waals surface area contributed by atoms with Gasteiger partial charge in [0.05, 0.1) is 17.1 Å². The Balaban J connectivity index is 1.54. The summed E-state index contributed by atoms with van der Waals surface area (Å²) in [4.78, 5) is 2.50. The summed E-state index contributed by atoms with van der Waals surface area (Å²) in [6.45, 7) is 4.39. The molecular weight excluding hydrogens is 398 g/mol. The van der Waals surface area contributed by atoms with Crippen LogP contribution in [0.3, 0.4) is 0 Å². The third-order valence-corrected chi connectivity index (χ3v) is 6.57. The van der Waals surface area contributed by atoms with Gasteiger partial charge in [0.2, 0.25) is 0 Å². The van der Waals surface area contributed by atoms with Crippen LogP contribution in [0.15, 0.2) is 53.4 Å². The number of aliphatic hydroxyl groups is 1. The van der Waals surface area contributed by atoms with Gasteiger partial charge in [-0.2, -0.15) is 0 Å². The molecule has 2 aromatic rings. The quantitative estimate of drug-likeness (QED) is 0.741. The van der Waals surface area contributed by atoms with Gasteiger partial charge < -0.3 is 9.84 Å². The molecule has 0 saturated carbocycles. The predicted molar refractivity (Wildman–Crippen MR) is 111 cm³/mol. The molecule has 1 saturated heterocycles. The lowest BCUT2D eigenvalue weighted by Gasteiger charge is -2.24. The molecule has 0 aliphatic carbocycles. The van der Waals surface area contributed by atoms with E-state index in [1.54, 1.807) is 12.1 Å². The van der Waals surface area contributed by atoms with Crippen molar-refractivity contribution in [2.75, 3.05) is 32.5 Å². The summed E-state index contributed by atoms with van der Waals surface area (Å²) in [7, 11) is -3.22. The molecule has 0 bridgehead atoms. The first-order chi connectivity index (χ1) is 13.1. The molecule has 0 unspecified atom stereocenters. The first-order valence-corrected chi connectivity index (χ1v) is 11.5. The Morgan fingerprint density at radius 1 is 1.25 bits per heavy atom. The minimum Gasteiger partial charge on any atom is -0.493 e. The minimum absolute atomic E-state index is 0.0264. The molecule has 1 N–H and O–H groups in total. The molecule has 0 radical (unpaired) electrons. The highest BCUT2D eigenvalue weighted by Crippen LogP contribution is 2.29. The van der Waals surface area contributed by atoms with E-state index in [1.807, 2.05) is 25.1 Å². The van der Waals surface area contributed by atoms with E-state index in [9.17, 15) is 13.5 Å². The summed E-state index contributed by atoms with van der Waals surface area (Å²) in [6, 6.07) is 14.2. The molecule has 1 aliphatic heterocycles. The van der Waals surface area contributed by atoms with Crippen molar-refractivity contribution in [2.45, 2.75) is 23.8 Å². The first-order valence-electron chi connectivity index (χ1n) is 9.25. The van der Waals surface area contributed by atoms with Crippen molar-refractivity contribution in [3.63, 3.8) is 0 Å². The van der Waals surface area contributed by atoms with E-state index in [0.717, 1.165) is 24.5 Å².